The lowest BCUT2D eigenvalue weighted by atomic mass is 10.1. The summed E-state index contributed by atoms with van der Waals surface area (Å²) < 4.78 is 6.30. The molecular weight excluding hydrogens is 522 g/mol. The summed E-state index contributed by atoms with van der Waals surface area (Å²) in [5, 5.41) is 0. The van der Waals surface area contributed by atoms with Gasteiger partial charge in [-0.05, 0) is 62.3 Å². The molecule has 0 N–H and O–H groups in total. The van der Waals surface area contributed by atoms with Gasteiger partial charge in [-0.1, -0.05) is 84.2 Å². The Hall–Kier alpha value is -3.68. The minimum atomic E-state index is 0.437. The smallest absolute Gasteiger partial charge is 0.310 e. The van der Waals surface area contributed by atoms with Crippen LogP contribution in [0.15, 0.2) is 59.0 Å². The molecule has 0 saturated carbocycles. The van der Waals surface area contributed by atoms with E-state index in [1.807, 2.05) is 59.5 Å². The highest BCUT2D eigenvalue weighted by Crippen LogP contribution is 2.35. The van der Waals surface area contributed by atoms with Crippen LogP contribution in [0, 0.1) is 11.8 Å². The lowest BCUT2D eigenvalue weighted by Crippen LogP contribution is -2.32. The minimum absolute atomic E-state index is 0.437. The van der Waals surface area contributed by atoms with Gasteiger partial charge in [0.1, 0.15) is 5.52 Å². The van der Waals surface area contributed by atoms with Crippen LogP contribution in [0.3, 0.4) is 0 Å². The van der Waals surface area contributed by atoms with Crippen LogP contribution in [0.25, 0.3) is 11.1 Å². The van der Waals surface area contributed by atoms with Crippen molar-refractivity contribution < 1.29 is 4.42 Å². The highest BCUT2D eigenvalue weighted by molar-refractivity contribution is 5.78. The van der Waals surface area contributed by atoms with Crippen LogP contribution < -0.4 is 14.7 Å². The summed E-state index contributed by atoms with van der Waals surface area (Å²) in [4.78, 5) is 26.8. The first-order valence-corrected chi connectivity index (χ1v) is 15.9. The molecule has 0 aliphatic heterocycles. The first-order valence-electron chi connectivity index (χ1n) is 15.9. The van der Waals surface area contributed by atoms with Crippen molar-refractivity contribution in [2.75, 3.05) is 40.9 Å². The minimum Gasteiger partial charge on any atom is -0.423 e. The third-order valence-corrected chi connectivity index (χ3v) is 7.47. The molecule has 0 aliphatic rings. The quantitative estimate of drug-likeness (QED) is 0.116. The van der Waals surface area contributed by atoms with E-state index in [-0.39, 0.29) is 0 Å². The van der Waals surface area contributed by atoms with Gasteiger partial charge in [0.15, 0.2) is 5.58 Å². The van der Waals surface area contributed by atoms with Gasteiger partial charge in [-0.2, -0.15) is 19.9 Å². The molecule has 2 aromatic carbocycles. The van der Waals surface area contributed by atoms with Gasteiger partial charge in [0, 0.05) is 26.2 Å². The molecule has 0 saturated heterocycles. The second-order valence-electron chi connectivity index (χ2n) is 11.9. The van der Waals surface area contributed by atoms with E-state index in [0.29, 0.717) is 35.7 Å². The molecule has 0 bridgehead atoms. The van der Waals surface area contributed by atoms with Gasteiger partial charge < -0.3 is 14.2 Å². The Morgan fingerprint density at radius 2 is 1.26 bits per heavy atom. The summed E-state index contributed by atoms with van der Waals surface area (Å²) in [7, 11) is 0. The molecule has 0 aliphatic carbocycles. The van der Waals surface area contributed by atoms with E-state index in [4.69, 9.17) is 24.4 Å². The van der Waals surface area contributed by atoms with E-state index >= 15 is 0 Å². The maximum absolute atomic E-state index is 6.30. The third-order valence-electron chi connectivity index (χ3n) is 7.47. The summed E-state index contributed by atoms with van der Waals surface area (Å²) in [6, 6.07) is 18.4. The van der Waals surface area contributed by atoms with Crippen molar-refractivity contribution in [3.05, 3.63) is 54.6 Å². The van der Waals surface area contributed by atoms with E-state index in [9.17, 15) is 0 Å². The first kappa shape index (κ1) is 31.3. The molecule has 4 aromatic rings. The van der Waals surface area contributed by atoms with Gasteiger partial charge in [0.25, 0.3) is 0 Å². The topological polar surface area (TPSA) is 74.4 Å². The van der Waals surface area contributed by atoms with Gasteiger partial charge in [-0.3, -0.25) is 0 Å². The lowest BCUT2D eigenvalue weighted by molar-refractivity contribution is 0.551. The number of para-hydroxylation sites is 3. The normalized spacial score (nSPS) is 11.5. The molecule has 42 heavy (non-hydrogen) atoms. The number of oxazole rings is 1. The Morgan fingerprint density at radius 1 is 0.643 bits per heavy atom. The number of anilines is 5. The molecule has 0 amide bonds. The van der Waals surface area contributed by atoms with Gasteiger partial charge in [0.05, 0.1) is 5.69 Å². The maximum Gasteiger partial charge on any atom is 0.310 e. The number of nitrogens with zero attached hydrogens (tertiary/aromatic N) is 7. The zero-order valence-electron chi connectivity index (χ0n) is 26.5. The number of aromatic nitrogens is 4. The largest absolute Gasteiger partial charge is 0.423 e. The maximum atomic E-state index is 6.30. The Labute approximate surface area is 252 Å². The molecule has 2 heterocycles. The average Bonchev–Trinajstić information content (AvgIpc) is 3.41. The van der Waals surface area contributed by atoms with Crippen LogP contribution in [0.4, 0.5) is 29.5 Å². The number of fused-ring (bicyclic) bond motifs is 1. The molecule has 8 heteroatoms. The number of hydrogen-bond donors (Lipinski definition) is 0. The van der Waals surface area contributed by atoms with Crippen LogP contribution in [0.1, 0.15) is 80.1 Å². The van der Waals surface area contributed by atoms with E-state index in [1.165, 1.54) is 19.3 Å². The Bertz CT molecular complexity index is 1320. The van der Waals surface area contributed by atoms with Crippen molar-refractivity contribution in [2.45, 2.75) is 80.1 Å². The SMILES string of the molecule is CCCCCCN(CCC(C)C)c1nc(N(CC)CCC(C)C)nc(N(c2ccccc2)c2nc3ccccc3o2)n1. The fraction of sp³-hybridized carbons (Fsp3) is 0.529. The lowest BCUT2D eigenvalue weighted by Gasteiger charge is -2.28. The first-order chi connectivity index (χ1) is 20.4. The van der Waals surface area contributed by atoms with Crippen LogP contribution in [0.2, 0.25) is 0 Å². The van der Waals surface area contributed by atoms with E-state index in [0.717, 1.165) is 62.2 Å². The van der Waals surface area contributed by atoms with Gasteiger partial charge in [-0.25, -0.2) is 4.90 Å². The summed E-state index contributed by atoms with van der Waals surface area (Å²) in [6.45, 7) is 17.0. The summed E-state index contributed by atoms with van der Waals surface area (Å²) in [5.74, 6) is 3.09. The van der Waals surface area contributed by atoms with E-state index in [2.05, 4.69) is 51.3 Å². The summed E-state index contributed by atoms with van der Waals surface area (Å²) >= 11 is 0. The molecule has 0 atom stereocenters. The monoisotopic (exact) mass is 571 g/mol. The van der Waals surface area contributed by atoms with Crippen LogP contribution in [-0.2, 0) is 0 Å². The Morgan fingerprint density at radius 3 is 1.90 bits per heavy atom. The zero-order chi connectivity index (χ0) is 29.9. The van der Waals surface area contributed by atoms with Gasteiger partial charge >= 0.3 is 6.01 Å². The zero-order valence-corrected chi connectivity index (χ0v) is 26.5. The average molecular weight is 572 g/mol. The third kappa shape index (κ3) is 8.43. The highest BCUT2D eigenvalue weighted by Gasteiger charge is 2.25. The molecule has 226 valence electrons. The van der Waals surface area contributed by atoms with Crippen molar-refractivity contribution in [3.8, 4) is 0 Å². The van der Waals surface area contributed by atoms with E-state index in [1.54, 1.807) is 0 Å². The van der Waals surface area contributed by atoms with Crippen molar-refractivity contribution in [3.63, 3.8) is 0 Å². The second kappa shape index (κ2) is 15.5. The molecule has 0 spiro atoms. The van der Waals surface area contributed by atoms with Crippen LogP contribution in [-0.4, -0.2) is 46.1 Å². The van der Waals surface area contributed by atoms with Crippen molar-refractivity contribution in [1.82, 2.24) is 19.9 Å². The fourth-order valence-corrected chi connectivity index (χ4v) is 4.84. The Kier molecular flexibility index (Phi) is 11.6. The molecular formula is C34H49N7O. The highest BCUT2D eigenvalue weighted by atomic mass is 16.4. The number of benzene rings is 2. The predicted octanol–water partition coefficient (Wildman–Crippen LogP) is 8.79. The van der Waals surface area contributed by atoms with Gasteiger partial charge in [-0.15, -0.1) is 0 Å². The van der Waals surface area contributed by atoms with Crippen LogP contribution >= 0.6 is 0 Å². The van der Waals surface area contributed by atoms with Crippen molar-refractivity contribution >= 4 is 40.6 Å². The van der Waals surface area contributed by atoms with Crippen LogP contribution in [0.5, 0.6) is 0 Å². The number of rotatable bonds is 17. The van der Waals surface area contributed by atoms with Gasteiger partial charge in [0.2, 0.25) is 17.8 Å². The number of unbranched alkanes of at least 4 members (excludes halogenated alkanes) is 3. The van der Waals surface area contributed by atoms with Crippen molar-refractivity contribution in [1.29, 1.82) is 0 Å². The standard InChI is InChI=1S/C34H49N7O/c1-7-9-10-16-23-40(25-22-27(5)6)32-36-31(39(8-2)24-21-26(3)4)37-33(38-32)41(28-17-12-11-13-18-28)34-35-29-19-14-15-20-30(29)42-34/h11-15,17-20,26-27H,7-10,16,21-25H2,1-6H3. The predicted molar refractivity (Wildman–Crippen MR) is 175 cm³/mol. The fourth-order valence-electron chi connectivity index (χ4n) is 4.84. The van der Waals surface area contributed by atoms with Crippen molar-refractivity contribution in [2.24, 2.45) is 11.8 Å². The molecule has 8 nitrogen and oxygen atoms in total. The number of hydrogen-bond acceptors (Lipinski definition) is 8. The molecule has 4 rings (SSSR count). The van der Waals surface area contributed by atoms with E-state index < -0.39 is 0 Å². The summed E-state index contributed by atoms with van der Waals surface area (Å²) in [6.07, 6.45) is 6.90. The summed E-state index contributed by atoms with van der Waals surface area (Å²) in [5.41, 5.74) is 2.41. The molecule has 0 radical (unpaired) electrons. The molecule has 0 fully saturated rings. The second-order valence-corrected chi connectivity index (χ2v) is 11.9. The Balaban J connectivity index is 1.85. The molecule has 2 aromatic heterocycles. The molecule has 0 unspecified atom stereocenters.